The molecule has 0 unspecified atom stereocenters. The van der Waals surface area contributed by atoms with E-state index in [1.54, 1.807) is 0 Å². The third kappa shape index (κ3) is 4.28. The Hall–Kier alpha value is -3.79. The van der Waals surface area contributed by atoms with Crippen LogP contribution in [-0.2, 0) is 0 Å². The molecule has 3 rings (SSSR count). The SMILES string of the molecule is CN(C(=O)c1cc(NC(=O)c2cc(F)c(F)cc2Cl)n[nH]1)c1ccc(C(=O)[O-])cc1. The molecular formula is C19H12ClF2N4O4-. The lowest BCUT2D eigenvalue weighted by molar-refractivity contribution is -0.255. The maximum atomic E-state index is 13.4. The van der Waals surface area contributed by atoms with Crippen molar-refractivity contribution in [2.45, 2.75) is 0 Å². The number of nitrogens with one attached hydrogen (secondary N) is 2. The Morgan fingerprint density at radius 3 is 2.37 bits per heavy atom. The number of carbonyl (C=O) groups is 3. The van der Waals surface area contributed by atoms with Gasteiger partial charge in [0.25, 0.3) is 11.8 Å². The summed E-state index contributed by atoms with van der Waals surface area (Å²) in [5.74, 6) is -5.21. The van der Waals surface area contributed by atoms with Crippen molar-refractivity contribution in [3.05, 3.63) is 75.9 Å². The Balaban J connectivity index is 1.74. The number of carbonyl (C=O) groups excluding carboxylic acids is 3. The van der Waals surface area contributed by atoms with Crippen molar-refractivity contribution >= 4 is 40.9 Å². The second-order valence-corrected chi connectivity index (χ2v) is 6.47. The molecule has 0 saturated carbocycles. The first-order chi connectivity index (χ1) is 14.2. The fourth-order valence-electron chi connectivity index (χ4n) is 2.49. The van der Waals surface area contributed by atoms with Gasteiger partial charge in [-0.3, -0.25) is 14.7 Å². The highest BCUT2D eigenvalue weighted by Gasteiger charge is 2.19. The Morgan fingerprint density at radius 2 is 1.73 bits per heavy atom. The van der Waals surface area contributed by atoms with E-state index in [-0.39, 0.29) is 27.7 Å². The number of anilines is 2. The van der Waals surface area contributed by atoms with Crippen molar-refractivity contribution in [2.75, 3.05) is 17.3 Å². The Labute approximate surface area is 173 Å². The fraction of sp³-hybridized carbons (Fsp3) is 0.0526. The van der Waals surface area contributed by atoms with Crippen LogP contribution in [0.4, 0.5) is 20.3 Å². The molecule has 0 fully saturated rings. The van der Waals surface area contributed by atoms with E-state index in [1.165, 1.54) is 42.3 Å². The predicted molar refractivity (Wildman–Crippen MR) is 101 cm³/mol. The van der Waals surface area contributed by atoms with Gasteiger partial charge in [0.2, 0.25) is 0 Å². The summed E-state index contributed by atoms with van der Waals surface area (Å²) in [5.41, 5.74) is 0.0607. The molecule has 154 valence electrons. The first-order valence-electron chi connectivity index (χ1n) is 8.28. The standard InChI is InChI=1S/C19H13ClF2N4O4/c1-26(10-4-2-9(3-5-10)19(29)30)18(28)15-8-16(25-24-15)23-17(27)11-6-13(21)14(22)7-12(11)20/h2-8H,1H3,(H,29,30)(H2,23,24,25,27)/p-1. The molecule has 1 heterocycles. The summed E-state index contributed by atoms with van der Waals surface area (Å²) in [6, 6.07) is 7.99. The van der Waals surface area contributed by atoms with E-state index in [2.05, 4.69) is 15.5 Å². The number of aromatic carboxylic acids is 1. The fourth-order valence-corrected chi connectivity index (χ4v) is 2.73. The number of amides is 2. The summed E-state index contributed by atoms with van der Waals surface area (Å²) in [5, 5.41) is 19.1. The molecule has 0 saturated heterocycles. The lowest BCUT2D eigenvalue weighted by atomic mass is 10.2. The Morgan fingerprint density at radius 1 is 1.10 bits per heavy atom. The summed E-state index contributed by atoms with van der Waals surface area (Å²) in [6.07, 6.45) is 0. The average molecular weight is 434 g/mol. The van der Waals surface area contributed by atoms with Gasteiger partial charge in [0.1, 0.15) is 5.69 Å². The zero-order chi connectivity index (χ0) is 22.0. The van der Waals surface area contributed by atoms with Crippen molar-refractivity contribution in [3.8, 4) is 0 Å². The summed E-state index contributed by atoms with van der Waals surface area (Å²) < 4.78 is 26.5. The van der Waals surface area contributed by atoms with Crippen molar-refractivity contribution in [1.82, 2.24) is 10.2 Å². The number of benzene rings is 2. The monoisotopic (exact) mass is 433 g/mol. The highest BCUT2D eigenvalue weighted by molar-refractivity contribution is 6.34. The summed E-state index contributed by atoms with van der Waals surface area (Å²) in [4.78, 5) is 36.8. The van der Waals surface area contributed by atoms with E-state index in [1.807, 2.05) is 0 Å². The molecular weight excluding hydrogens is 422 g/mol. The maximum absolute atomic E-state index is 13.4. The van der Waals surface area contributed by atoms with Crippen LogP contribution in [0.5, 0.6) is 0 Å². The third-order valence-electron chi connectivity index (χ3n) is 4.10. The quantitative estimate of drug-likeness (QED) is 0.598. The number of hydrogen-bond donors (Lipinski definition) is 2. The zero-order valence-corrected chi connectivity index (χ0v) is 16.0. The first-order valence-corrected chi connectivity index (χ1v) is 8.66. The predicted octanol–water partition coefficient (Wildman–Crippen LogP) is 2.23. The molecule has 3 aromatic rings. The highest BCUT2D eigenvalue weighted by Crippen LogP contribution is 2.22. The molecule has 0 aliphatic heterocycles. The van der Waals surface area contributed by atoms with Gasteiger partial charge >= 0.3 is 0 Å². The lowest BCUT2D eigenvalue weighted by Gasteiger charge is -2.16. The minimum absolute atomic E-state index is 0.00756. The van der Waals surface area contributed by atoms with Crippen LogP contribution >= 0.6 is 11.6 Å². The molecule has 0 atom stereocenters. The molecule has 0 aliphatic carbocycles. The van der Waals surface area contributed by atoms with Crippen LogP contribution in [0.2, 0.25) is 5.02 Å². The minimum atomic E-state index is -1.34. The van der Waals surface area contributed by atoms with E-state index in [0.29, 0.717) is 17.8 Å². The average Bonchev–Trinajstić information content (AvgIpc) is 3.18. The summed E-state index contributed by atoms with van der Waals surface area (Å²) >= 11 is 5.76. The van der Waals surface area contributed by atoms with E-state index >= 15 is 0 Å². The van der Waals surface area contributed by atoms with Gasteiger partial charge in [-0.15, -0.1) is 0 Å². The number of rotatable bonds is 5. The zero-order valence-electron chi connectivity index (χ0n) is 15.2. The second-order valence-electron chi connectivity index (χ2n) is 6.07. The van der Waals surface area contributed by atoms with Crippen molar-refractivity contribution in [2.24, 2.45) is 0 Å². The number of carboxylic acids is 1. The van der Waals surface area contributed by atoms with E-state index in [9.17, 15) is 28.3 Å². The van der Waals surface area contributed by atoms with Gasteiger partial charge in [0.05, 0.1) is 16.6 Å². The molecule has 0 spiro atoms. The van der Waals surface area contributed by atoms with Crippen LogP contribution in [0.25, 0.3) is 0 Å². The van der Waals surface area contributed by atoms with Gasteiger partial charge in [0.15, 0.2) is 17.5 Å². The Kier molecular flexibility index (Phi) is 5.79. The molecule has 2 aromatic carbocycles. The molecule has 0 radical (unpaired) electrons. The van der Waals surface area contributed by atoms with Crippen molar-refractivity contribution in [3.63, 3.8) is 0 Å². The van der Waals surface area contributed by atoms with Crippen LogP contribution < -0.4 is 15.3 Å². The van der Waals surface area contributed by atoms with Crippen molar-refractivity contribution < 1.29 is 28.3 Å². The number of hydrogen-bond acceptors (Lipinski definition) is 5. The van der Waals surface area contributed by atoms with Crippen molar-refractivity contribution in [1.29, 1.82) is 0 Å². The number of H-pyrrole nitrogens is 1. The number of aromatic nitrogens is 2. The highest BCUT2D eigenvalue weighted by atomic mass is 35.5. The van der Waals surface area contributed by atoms with E-state index in [0.717, 1.165) is 0 Å². The molecule has 2 N–H and O–H groups in total. The van der Waals surface area contributed by atoms with Crippen LogP contribution in [0.3, 0.4) is 0 Å². The molecule has 0 aliphatic rings. The van der Waals surface area contributed by atoms with Gasteiger partial charge in [0, 0.05) is 18.8 Å². The van der Waals surface area contributed by atoms with Gasteiger partial charge in [-0.25, -0.2) is 8.78 Å². The molecule has 11 heteroatoms. The van der Waals surface area contributed by atoms with Gasteiger partial charge < -0.3 is 20.1 Å². The van der Waals surface area contributed by atoms with Crippen LogP contribution in [0, 0.1) is 11.6 Å². The number of aromatic amines is 1. The minimum Gasteiger partial charge on any atom is -0.545 e. The van der Waals surface area contributed by atoms with Gasteiger partial charge in [-0.05, 0) is 29.8 Å². The number of carboxylic acid groups (broad SMARTS) is 1. The van der Waals surface area contributed by atoms with E-state index in [4.69, 9.17) is 11.6 Å². The molecule has 30 heavy (non-hydrogen) atoms. The normalized spacial score (nSPS) is 10.5. The smallest absolute Gasteiger partial charge is 0.276 e. The summed E-state index contributed by atoms with van der Waals surface area (Å²) in [7, 11) is 1.45. The van der Waals surface area contributed by atoms with Crippen LogP contribution in [0.15, 0.2) is 42.5 Å². The number of halogens is 3. The molecule has 1 aromatic heterocycles. The largest absolute Gasteiger partial charge is 0.545 e. The Bertz CT molecular complexity index is 1150. The van der Waals surface area contributed by atoms with Crippen LogP contribution in [0.1, 0.15) is 31.2 Å². The van der Waals surface area contributed by atoms with E-state index < -0.39 is 29.4 Å². The topological polar surface area (TPSA) is 118 Å². The van der Waals surface area contributed by atoms with Crippen LogP contribution in [-0.4, -0.2) is 35.0 Å². The second kappa shape index (κ2) is 8.29. The molecule has 8 nitrogen and oxygen atoms in total. The molecule has 0 bridgehead atoms. The van der Waals surface area contributed by atoms with Gasteiger partial charge in [-0.1, -0.05) is 23.7 Å². The third-order valence-corrected chi connectivity index (χ3v) is 4.41. The lowest BCUT2D eigenvalue weighted by Crippen LogP contribution is -2.27. The van der Waals surface area contributed by atoms with Gasteiger partial charge in [-0.2, -0.15) is 5.10 Å². The first kappa shape index (κ1) is 20.9. The number of nitrogens with zero attached hydrogens (tertiary/aromatic N) is 2. The summed E-state index contributed by atoms with van der Waals surface area (Å²) in [6.45, 7) is 0. The maximum Gasteiger partial charge on any atom is 0.276 e. The molecule has 2 amide bonds.